The second-order valence-electron chi connectivity index (χ2n) is 7.04. The van der Waals surface area contributed by atoms with E-state index in [-0.39, 0.29) is 23.2 Å². The molecule has 168 valence electrons. The van der Waals surface area contributed by atoms with Gasteiger partial charge in [0.05, 0.1) is 12.8 Å². The van der Waals surface area contributed by atoms with E-state index in [1.807, 2.05) is 0 Å². The molecule has 1 aliphatic rings. The minimum Gasteiger partial charge on any atom is -0.496 e. The van der Waals surface area contributed by atoms with Gasteiger partial charge in [0, 0.05) is 11.6 Å². The molecule has 0 aliphatic carbocycles. The summed E-state index contributed by atoms with van der Waals surface area (Å²) in [5.74, 6) is -1.94. The molecule has 9 heteroatoms. The van der Waals surface area contributed by atoms with Crippen LogP contribution in [-0.4, -0.2) is 18.1 Å². The van der Waals surface area contributed by atoms with Crippen molar-refractivity contribution in [2.75, 3.05) is 12.0 Å². The summed E-state index contributed by atoms with van der Waals surface area (Å²) in [5, 5.41) is 3.03. The van der Waals surface area contributed by atoms with E-state index in [4.69, 9.17) is 21.7 Å². The number of thiocarbonyl (C=S) groups is 1. The molecule has 0 unspecified atom stereocenters. The molecule has 0 atom stereocenters. The molecule has 3 aromatic carbocycles. The Labute approximate surface area is 193 Å². The van der Waals surface area contributed by atoms with Gasteiger partial charge in [0.25, 0.3) is 5.91 Å². The van der Waals surface area contributed by atoms with Gasteiger partial charge < -0.3 is 14.8 Å². The lowest BCUT2D eigenvalue weighted by atomic mass is 10.1. The molecule has 0 aromatic heterocycles. The predicted octanol–water partition coefficient (Wildman–Crippen LogP) is 4.95. The lowest BCUT2D eigenvalue weighted by molar-refractivity contribution is -0.113. The third-order valence-corrected chi connectivity index (χ3v) is 5.14. The zero-order valence-corrected chi connectivity index (χ0v) is 18.1. The Morgan fingerprint density at radius 2 is 1.67 bits per heavy atom. The van der Waals surface area contributed by atoms with Crippen LogP contribution in [0, 0.1) is 17.5 Å². The second-order valence-corrected chi connectivity index (χ2v) is 7.43. The van der Waals surface area contributed by atoms with E-state index < -0.39 is 23.4 Å². The average molecular weight is 470 g/mol. The molecule has 0 saturated carbocycles. The van der Waals surface area contributed by atoms with Crippen molar-refractivity contribution in [2.24, 2.45) is 0 Å². The molecular formula is C24H17F3N2O3S. The van der Waals surface area contributed by atoms with Crippen LogP contribution >= 0.6 is 12.2 Å². The summed E-state index contributed by atoms with van der Waals surface area (Å²) in [4.78, 5) is 14.2. The highest BCUT2D eigenvalue weighted by Gasteiger charge is 2.32. The number of benzene rings is 3. The highest BCUT2D eigenvalue weighted by atomic mass is 32.1. The first-order valence-electron chi connectivity index (χ1n) is 9.73. The molecular weight excluding hydrogens is 453 g/mol. The molecule has 1 heterocycles. The van der Waals surface area contributed by atoms with Gasteiger partial charge in [0.15, 0.2) is 16.7 Å². The van der Waals surface area contributed by atoms with Crippen molar-refractivity contribution in [3.63, 3.8) is 0 Å². The Morgan fingerprint density at radius 1 is 0.970 bits per heavy atom. The lowest BCUT2D eigenvalue weighted by Gasteiger charge is -2.13. The zero-order valence-electron chi connectivity index (χ0n) is 17.3. The summed E-state index contributed by atoms with van der Waals surface area (Å²) < 4.78 is 51.0. The fourth-order valence-electron chi connectivity index (χ4n) is 3.28. The van der Waals surface area contributed by atoms with Crippen molar-refractivity contribution < 1.29 is 27.4 Å². The van der Waals surface area contributed by atoms with Gasteiger partial charge in [0.2, 0.25) is 0 Å². The molecule has 4 rings (SSSR count). The number of rotatable bonds is 6. The highest BCUT2D eigenvalue weighted by Crippen LogP contribution is 2.27. The van der Waals surface area contributed by atoms with Crippen LogP contribution in [0.1, 0.15) is 11.1 Å². The third-order valence-electron chi connectivity index (χ3n) is 4.86. The monoisotopic (exact) mass is 470 g/mol. The molecule has 33 heavy (non-hydrogen) atoms. The molecule has 0 bridgehead atoms. The van der Waals surface area contributed by atoms with E-state index in [1.165, 1.54) is 42.3 Å². The topological polar surface area (TPSA) is 50.8 Å². The largest absolute Gasteiger partial charge is 0.496 e. The van der Waals surface area contributed by atoms with Crippen molar-refractivity contribution in [3.8, 4) is 11.5 Å². The van der Waals surface area contributed by atoms with E-state index in [9.17, 15) is 18.0 Å². The maximum atomic E-state index is 13.9. The van der Waals surface area contributed by atoms with Crippen LogP contribution in [-0.2, 0) is 11.4 Å². The molecule has 0 radical (unpaired) electrons. The van der Waals surface area contributed by atoms with Crippen LogP contribution in [0.25, 0.3) is 6.08 Å². The average Bonchev–Trinajstić information content (AvgIpc) is 3.06. The third kappa shape index (κ3) is 4.83. The fourth-order valence-corrected chi connectivity index (χ4v) is 3.57. The number of halogens is 3. The van der Waals surface area contributed by atoms with E-state index >= 15 is 0 Å². The summed E-state index contributed by atoms with van der Waals surface area (Å²) in [6.45, 7) is -0.0514. The number of ether oxygens (including phenoxy) is 2. The van der Waals surface area contributed by atoms with Crippen LogP contribution in [0.15, 0.2) is 66.4 Å². The number of nitrogens with zero attached hydrogens (tertiary/aromatic N) is 1. The van der Waals surface area contributed by atoms with Gasteiger partial charge in [-0.05, 0) is 72.4 Å². The summed E-state index contributed by atoms with van der Waals surface area (Å²) in [7, 11) is 1.48. The van der Waals surface area contributed by atoms with Crippen molar-refractivity contribution in [1.82, 2.24) is 5.32 Å². The molecule has 1 fully saturated rings. The van der Waals surface area contributed by atoms with E-state index in [1.54, 1.807) is 24.3 Å². The van der Waals surface area contributed by atoms with Crippen LogP contribution < -0.4 is 19.7 Å². The second kappa shape index (κ2) is 9.33. The lowest BCUT2D eigenvalue weighted by Crippen LogP contribution is -2.30. The quantitative estimate of drug-likeness (QED) is 0.408. The predicted molar refractivity (Wildman–Crippen MR) is 121 cm³/mol. The Bertz CT molecular complexity index is 1260. The van der Waals surface area contributed by atoms with Gasteiger partial charge in [-0.2, -0.15) is 0 Å². The zero-order chi connectivity index (χ0) is 23.5. The first kappa shape index (κ1) is 22.3. The molecule has 1 aliphatic heterocycles. The van der Waals surface area contributed by atoms with Crippen LogP contribution in [0.2, 0.25) is 0 Å². The van der Waals surface area contributed by atoms with Crippen molar-refractivity contribution >= 4 is 35.0 Å². The smallest absolute Gasteiger partial charge is 0.281 e. The number of hydrogen-bond acceptors (Lipinski definition) is 4. The molecule has 3 aromatic rings. The summed E-state index contributed by atoms with van der Waals surface area (Å²) in [6.07, 6.45) is 1.60. The van der Waals surface area contributed by atoms with Crippen LogP contribution in [0.5, 0.6) is 11.5 Å². The Balaban J connectivity index is 1.57. The number of nitrogens with one attached hydrogen (secondary N) is 1. The van der Waals surface area contributed by atoms with Crippen LogP contribution in [0.3, 0.4) is 0 Å². The van der Waals surface area contributed by atoms with Crippen LogP contribution in [0.4, 0.5) is 18.9 Å². The van der Waals surface area contributed by atoms with E-state index in [0.29, 0.717) is 22.6 Å². The molecule has 5 nitrogen and oxygen atoms in total. The number of carbonyl (C=O) groups is 1. The fraction of sp³-hybridized carbons (Fsp3) is 0.0833. The van der Waals surface area contributed by atoms with Gasteiger partial charge in [-0.1, -0.05) is 6.07 Å². The summed E-state index contributed by atoms with van der Waals surface area (Å²) in [6, 6.07) is 13.6. The number of carbonyl (C=O) groups excluding carboxylic acids is 1. The standard InChI is InChI=1S/C24H17F3N2O3S/c1-31-21-8-2-14(10-15(21)13-32-22-9-5-17(26)12-19(22)27)11-20-23(30)29(24(33)28-20)18-6-3-16(25)4-7-18/h2-12H,13H2,1H3,(H,28,33)/b20-11+. The molecule has 0 spiro atoms. The molecule has 1 amide bonds. The minimum atomic E-state index is -0.817. The Hall–Kier alpha value is -3.85. The molecule has 1 N–H and O–H groups in total. The number of methoxy groups -OCH3 is 1. The van der Waals surface area contributed by atoms with Crippen molar-refractivity contribution in [3.05, 3.63) is 94.9 Å². The number of anilines is 1. The summed E-state index contributed by atoms with van der Waals surface area (Å²) in [5.41, 5.74) is 1.88. The van der Waals surface area contributed by atoms with Gasteiger partial charge in [-0.15, -0.1) is 0 Å². The van der Waals surface area contributed by atoms with Gasteiger partial charge in [-0.3, -0.25) is 9.69 Å². The maximum absolute atomic E-state index is 13.9. The summed E-state index contributed by atoms with van der Waals surface area (Å²) >= 11 is 5.27. The first-order valence-corrected chi connectivity index (χ1v) is 10.1. The normalized spacial score (nSPS) is 14.5. The van der Waals surface area contributed by atoms with Crippen molar-refractivity contribution in [1.29, 1.82) is 0 Å². The minimum absolute atomic E-state index is 0.0514. The van der Waals surface area contributed by atoms with Crippen molar-refractivity contribution in [2.45, 2.75) is 6.61 Å². The number of amides is 1. The van der Waals surface area contributed by atoms with E-state index in [0.717, 1.165) is 12.1 Å². The van der Waals surface area contributed by atoms with Gasteiger partial charge >= 0.3 is 0 Å². The van der Waals surface area contributed by atoms with Gasteiger partial charge in [-0.25, -0.2) is 13.2 Å². The molecule has 1 saturated heterocycles. The highest BCUT2D eigenvalue weighted by molar-refractivity contribution is 7.80. The van der Waals surface area contributed by atoms with Gasteiger partial charge in [0.1, 0.15) is 29.7 Å². The maximum Gasteiger partial charge on any atom is 0.281 e. The number of hydrogen-bond donors (Lipinski definition) is 1. The first-order chi connectivity index (χ1) is 15.9. The SMILES string of the molecule is COc1ccc(/C=C2/NC(=S)N(c3ccc(F)cc3)C2=O)cc1COc1ccc(F)cc1F. The Kier molecular flexibility index (Phi) is 6.32. The Morgan fingerprint density at radius 3 is 2.36 bits per heavy atom. The van der Waals surface area contributed by atoms with E-state index in [2.05, 4.69) is 5.32 Å².